The van der Waals surface area contributed by atoms with Crippen molar-refractivity contribution in [1.29, 1.82) is 0 Å². The largest absolute Gasteiger partial charge is 0.357 e. The first-order valence-corrected chi connectivity index (χ1v) is 7.20. The number of aldehydes is 1. The van der Waals surface area contributed by atoms with Crippen molar-refractivity contribution < 1.29 is 9.59 Å². The molecule has 0 N–H and O–H groups in total. The van der Waals surface area contributed by atoms with Crippen molar-refractivity contribution in [2.75, 3.05) is 7.05 Å². The number of rotatable bonds is 3. The third-order valence-corrected chi connectivity index (χ3v) is 4.21. The highest BCUT2D eigenvalue weighted by atomic mass is 16.1. The summed E-state index contributed by atoms with van der Waals surface area (Å²) in [5.74, 6) is -0.175. The second-order valence-electron chi connectivity index (χ2n) is 5.62. The SMILES string of the molecule is CC(=O)C1=CN(C)C=CC1c1c(C=O)n(C)c2ccccc12. The second kappa shape index (κ2) is 5.30. The lowest BCUT2D eigenvalue weighted by molar-refractivity contribution is -0.113. The predicted octanol–water partition coefficient (Wildman–Crippen LogP) is 3.01. The summed E-state index contributed by atoms with van der Waals surface area (Å²) in [7, 11) is 3.77. The molecule has 0 aliphatic carbocycles. The van der Waals surface area contributed by atoms with Crippen LogP contribution in [-0.2, 0) is 11.8 Å². The van der Waals surface area contributed by atoms with E-state index >= 15 is 0 Å². The third kappa shape index (κ3) is 2.08. The fraction of sp³-hybridized carbons (Fsp3) is 0.222. The highest BCUT2D eigenvalue weighted by Gasteiger charge is 2.27. The Hall–Kier alpha value is -2.62. The van der Waals surface area contributed by atoms with Crippen molar-refractivity contribution in [3.8, 4) is 0 Å². The van der Waals surface area contributed by atoms with Crippen LogP contribution in [0.1, 0.15) is 28.9 Å². The molecule has 1 atom stereocenters. The standard InChI is InChI=1S/C18H18N2O2/c1-12(22)15-10-19(2)9-8-13(15)18-14-6-4-5-7-16(14)20(3)17(18)11-21/h4-11,13H,1-3H3. The van der Waals surface area contributed by atoms with Crippen LogP contribution in [0.25, 0.3) is 10.9 Å². The minimum absolute atomic E-state index is 0.0194. The van der Waals surface area contributed by atoms with Crippen LogP contribution >= 0.6 is 0 Å². The molecule has 1 aliphatic rings. The molecule has 4 heteroatoms. The molecule has 0 fully saturated rings. The van der Waals surface area contributed by atoms with Gasteiger partial charge in [-0.05, 0) is 18.6 Å². The Labute approximate surface area is 129 Å². The Bertz CT molecular complexity index is 827. The van der Waals surface area contributed by atoms with Gasteiger partial charge in [0.2, 0.25) is 0 Å². The van der Waals surface area contributed by atoms with Crippen LogP contribution in [0.15, 0.2) is 48.3 Å². The van der Waals surface area contributed by atoms with E-state index < -0.39 is 0 Å². The van der Waals surface area contributed by atoms with Crippen molar-refractivity contribution in [3.63, 3.8) is 0 Å². The van der Waals surface area contributed by atoms with Gasteiger partial charge < -0.3 is 9.47 Å². The number of para-hydroxylation sites is 1. The molecule has 2 heterocycles. The molecule has 1 aromatic heterocycles. The molecule has 0 amide bonds. The van der Waals surface area contributed by atoms with Crippen molar-refractivity contribution >= 4 is 23.0 Å². The lowest BCUT2D eigenvalue weighted by Crippen LogP contribution is -2.18. The van der Waals surface area contributed by atoms with E-state index in [0.29, 0.717) is 11.3 Å². The number of nitrogens with zero attached hydrogens (tertiary/aromatic N) is 2. The predicted molar refractivity (Wildman–Crippen MR) is 86.7 cm³/mol. The van der Waals surface area contributed by atoms with Crippen LogP contribution in [-0.4, -0.2) is 28.6 Å². The van der Waals surface area contributed by atoms with Crippen molar-refractivity contribution in [2.24, 2.45) is 7.05 Å². The molecule has 3 rings (SSSR count). The maximum absolute atomic E-state index is 12.0. The molecule has 2 aromatic rings. The fourth-order valence-corrected chi connectivity index (χ4v) is 3.14. The fourth-order valence-electron chi connectivity index (χ4n) is 3.14. The first kappa shape index (κ1) is 14.3. The molecule has 1 aliphatic heterocycles. The van der Waals surface area contributed by atoms with Gasteiger partial charge in [-0.2, -0.15) is 0 Å². The molecule has 0 saturated carbocycles. The number of carbonyl (C=O) groups is 2. The number of Topliss-reactive ketones (excluding diaryl/α,β-unsaturated/α-hetero) is 1. The van der Waals surface area contributed by atoms with E-state index in [9.17, 15) is 9.59 Å². The van der Waals surface area contributed by atoms with E-state index in [4.69, 9.17) is 0 Å². The van der Waals surface area contributed by atoms with E-state index in [1.807, 2.05) is 66.3 Å². The minimum atomic E-state index is -0.194. The summed E-state index contributed by atoms with van der Waals surface area (Å²) >= 11 is 0. The first-order chi connectivity index (χ1) is 10.5. The molecule has 0 saturated heterocycles. The number of hydrogen-bond acceptors (Lipinski definition) is 3. The quantitative estimate of drug-likeness (QED) is 0.817. The van der Waals surface area contributed by atoms with Gasteiger partial charge in [-0.15, -0.1) is 0 Å². The first-order valence-electron chi connectivity index (χ1n) is 7.20. The number of fused-ring (bicyclic) bond motifs is 1. The maximum atomic E-state index is 12.0. The lowest BCUT2D eigenvalue weighted by atomic mass is 9.86. The normalized spacial score (nSPS) is 17.7. The summed E-state index contributed by atoms with van der Waals surface area (Å²) in [4.78, 5) is 25.5. The van der Waals surface area contributed by atoms with E-state index in [0.717, 1.165) is 22.8 Å². The molecule has 1 aromatic carbocycles. The highest BCUT2D eigenvalue weighted by Crippen LogP contribution is 2.37. The summed E-state index contributed by atoms with van der Waals surface area (Å²) in [5, 5.41) is 1.01. The van der Waals surface area contributed by atoms with Crippen LogP contribution in [0.4, 0.5) is 0 Å². The second-order valence-corrected chi connectivity index (χ2v) is 5.62. The number of ketones is 1. The summed E-state index contributed by atoms with van der Waals surface area (Å²) in [5.41, 5.74) is 3.21. The van der Waals surface area contributed by atoms with Gasteiger partial charge in [-0.25, -0.2) is 0 Å². The van der Waals surface area contributed by atoms with Crippen LogP contribution in [0, 0.1) is 0 Å². The van der Waals surface area contributed by atoms with Crippen molar-refractivity contribution in [2.45, 2.75) is 12.8 Å². The average molecular weight is 294 g/mol. The van der Waals surface area contributed by atoms with Crippen molar-refractivity contribution in [3.05, 3.63) is 59.6 Å². The van der Waals surface area contributed by atoms with Crippen LogP contribution in [0.3, 0.4) is 0 Å². The molecule has 0 spiro atoms. The topological polar surface area (TPSA) is 42.3 Å². The molecular weight excluding hydrogens is 276 g/mol. The van der Waals surface area contributed by atoms with Gasteiger partial charge in [0, 0.05) is 48.9 Å². The Morgan fingerprint density at radius 1 is 1.23 bits per heavy atom. The molecule has 4 nitrogen and oxygen atoms in total. The van der Waals surface area contributed by atoms with Gasteiger partial charge in [-0.3, -0.25) is 9.59 Å². The van der Waals surface area contributed by atoms with Gasteiger partial charge in [0.25, 0.3) is 0 Å². The number of aryl methyl sites for hydroxylation is 1. The van der Waals surface area contributed by atoms with E-state index in [1.165, 1.54) is 0 Å². The Morgan fingerprint density at radius 3 is 2.64 bits per heavy atom. The van der Waals surface area contributed by atoms with E-state index in [2.05, 4.69) is 0 Å². The minimum Gasteiger partial charge on any atom is -0.357 e. The molecule has 1 unspecified atom stereocenters. The van der Waals surface area contributed by atoms with Crippen LogP contribution < -0.4 is 0 Å². The maximum Gasteiger partial charge on any atom is 0.166 e. The zero-order valence-electron chi connectivity index (χ0n) is 12.9. The smallest absolute Gasteiger partial charge is 0.166 e. The zero-order chi connectivity index (χ0) is 15.9. The highest BCUT2D eigenvalue weighted by molar-refractivity contribution is 6.00. The zero-order valence-corrected chi connectivity index (χ0v) is 12.9. The number of carbonyl (C=O) groups excluding carboxylic acids is 2. The Kier molecular flexibility index (Phi) is 3.45. The van der Waals surface area contributed by atoms with E-state index in [-0.39, 0.29) is 11.7 Å². The molecule has 0 bridgehead atoms. The van der Waals surface area contributed by atoms with Gasteiger partial charge in [-0.1, -0.05) is 24.3 Å². The van der Waals surface area contributed by atoms with Crippen molar-refractivity contribution in [1.82, 2.24) is 9.47 Å². The van der Waals surface area contributed by atoms with Gasteiger partial charge >= 0.3 is 0 Å². The number of allylic oxidation sites excluding steroid dienone is 2. The number of aromatic nitrogens is 1. The lowest BCUT2D eigenvalue weighted by Gasteiger charge is -2.23. The Balaban J connectivity index is 2.30. The monoisotopic (exact) mass is 294 g/mol. The van der Waals surface area contributed by atoms with Gasteiger partial charge in [0.05, 0.1) is 5.69 Å². The molecule has 22 heavy (non-hydrogen) atoms. The number of benzene rings is 1. The number of hydrogen-bond donors (Lipinski definition) is 0. The average Bonchev–Trinajstić information content (AvgIpc) is 2.80. The summed E-state index contributed by atoms with van der Waals surface area (Å²) in [6.45, 7) is 1.57. The van der Waals surface area contributed by atoms with Gasteiger partial charge in [0.15, 0.2) is 12.1 Å². The molecule has 112 valence electrons. The summed E-state index contributed by atoms with van der Waals surface area (Å²) < 4.78 is 1.89. The Morgan fingerprint density at radius 2 is 1.95 bits per heavy atom. The van der Waals surface area contributed by atoms with Crippen LogP contribution in [0.2, 0.25) is 0 Å². The summed E-state index contributed by atoms with van der Waals surface area (Å²) in [6.07, 6.45) is 6.61. The van der Waals surface area contributed by atoms with Crippen LogP contribution in [0.5, 0.6) is 0 Å². The van der Waals surface area contributed by atoms with Gasteiger partial charge in [0.1, 0.15) is 0 Å². The third-order valence-electron chi connectivity index (χ3n) is 4.21. The molecular formula is C18H18N2O2. The summed E-state index contributed by atoms with van der Waals surface area (Å²) in [6, 6.07) is 7.90. The molecule has 0 radical (unpaired) electrons. The van der Waals surface area contributed by atoms with E-state index in [1.54, 1.807) is 6.92 Å².